The van der Waals surface area contributed by atoms with Crippen molar-refractivity contribution in [3.8, 4) is 5.69 Å². The van der Waals surface area contributed by atoms with Crippen LogP contribution in [0, 0.1) is 5.82 Å². The number of fused-ring (bicyclic) bond motifs is 6. The predicted octanol–water partition coefficient (Wildman–Crippen LogP) is 9.58. The summed E-state index contributed by atoms with van der Waals surface area (Å²) in [5, 5.41) is 4.54. The zero-order valence-corrected chi connectivity index (χ0v) is 22.3. The highest BCUT2D eigenvalue weighted by Gasteiger charge is 2.34. The van der Waals surface area contributed by atoms with Crippen molar-refractivity contribution in [2.75, 3.05) is 4.90 Å². The fraction of sp³-hybridized carbons (Fsp3) is 0.0833. The average molecular weight is 520 g/mol. The minimum Gasteiger partial charge on any atom is -0.309 e. The molecule has 3 nitrogen and oxygen atoms in total. The number of pyridine rings is 1. The second kappa shape index (κ2) is 8.27. The van der Waals surface area contributed by atoms with Crippen LogP contribution >= 0.6 is 0 Å². The first-order valence-electron chi connectivity index (χ1n) is 13.6. The van der Waals surface area contributed by atoms with E-state index in [9.17, 15) is 4.39 Å². The Morgan fingerprint density at radius 2 is 1.40 bits per heavy atom. The van der Waals surface area contributed by atoms with Gasteiger partial charge in [-0.15, -0.1) is 0 Å². The molecule has 0 spiro atoms. The molecule has 8 rings (SSSR count). The van der Waals surface area contributed by atoms with Crippen molar-refractivity contribution in [2.45, 2.75) is 19.3 Å². The number of anilines is 3. The molecule has 0 bridgehead atoms. The van der Waals surface area contributed by atoms with E-state index >= 15 is 0 Å². The standard InChI is InChI=1S/C36H26FN3/c1-36(2)30-11-5-6-13-33(30)40-32-19-18-26(22-29(32)28-10-7-12-31(36)34(28)40)39(25-16-14-24(37)15-17-25)35-27-9-4-3-8-23(27)20-21-38-35/h3-22H,1-2H3. The number of rotatable bonds is 3. The molecule has 0 fully saturated rings. The van der Waals surface area contributed by atoms with Crippen molar-refractivity contribution in [1.82, 2.24) is 9.55 Å². The minimum atomic E-state index is -0.264. The molecule has 0 amide bonds. The van der Waals surface area contributed by atoms with Gasteiger partial charge in [0.2, 0.25) is 0 Å². The molecule has 0 saturated carbocycles. The molecule has 1 aliphatic heterocycles. The van der Waals surface area contributed by atoms with E-state index in [0.29, 0.717) is 0 Å². The van der Waals surface area contributed by atoms with Gasteiger partial charge in [-0.05, 0) is 71.1 Å². The van der Waals surface area contributed by atoms with E-state index in [1.807, 2.05) is 36.5 Å². The zero-order valence-electron chi connectivity index (χ0n) is 22.3. The van der Waals surface area contributed by atoms with E-state index < -0.39 is 0 Å². The van der Waals surface area contributed by atoms with Gasteiger partial charge in [0, 0.05) is 39.1 Å². The zero-order chi connectivity index (χ0) is 27.0. The van der Waals surface area contributed by atoms with Crippen LogP contribution in [-0.4, -0.2) is 9.55 Å². The van der Waals surface area contributed by atoms with Gasteiger partial charge in [0.15, 0.2) is 0 Å². The predicted molar refractivity (Wildman–Crippen MR) is 163 cm³/mol. The number of aromatic nitrogens is 2. The van der Waals surface area contributed by atoms with Crippen LogP contribution in [0.3, 0.4) is 0 Å². The van der Waals surface area contributed by atoms with Crippen molar-refractivity contribution in [1.29, 1.82) is 0 Å². The summed E-state index contributed by atoms with van der Waals surface area (Å²) in [4.78, 5) is 6.98. The molecule has 0 radical (unpaired) electrons. The molecule has 0 aliphatic carbocycles. The van der Waals surface area contributed by atoms with Crippen LogP contribution in [0.2, 0.25) is 0 Å². The molecule has 4 heteroatoms. The molecule has 0 saturated heterocycles. The summed E-state index contributed by atoms with van der Waals surface area (Å²) in [5.74, 6) is 0.546. The number of para-hydroxylation sites is 2. The molecular formula is C36H26FN3. The number of halogens is 1. The Morgan fingerprint density at radius 1 is 0.675 bits per heavy atom. The number of benzene rings is 5. The highest BCUT2D eigenvalue weighted by molar-refractivity contribution is 6.13. The molecule has 5 aromatic carbocycles. The van der Waals surface area contributed by atoms with E-state index in [2.05, 4.69) is 96.1 Å². The first-order chi connectivity index (χ1) is 19.5. The highest BCUT2D eigenvalue weighted by Crippen LogP contribution is 2.48. The third-order valence-corrected chi connectivity index (χ3v) is 8.47. The van der Waals surface area contributed by atoms with E-state index in [1.165, 1.54) is 50.8 Å². The van der Waals surface area contributed by atoms with Crippen LogP contribution < -0.4 is 4.90 Å². The Kier molecular flexibility index (Phi) is 4.75. The summed E-state index contributed by atoms with van der Waals surface area (Å²) in [5.41, 5.74) is 8.01. The van der Waals surface area contributed by atoms with Crippen LogP contribution in [-0.2, 0) is 5.41 Å². The van der Waals surface area contributed by atoms with Crippen molar-refractivity contribution in [3.63, 3.8) is 0 Å². The molecule has 0 N–H and O–H groups in total. The van der Waals surface area contributed by atoms with Crippen LogP contribution in [0.15, 0.2) is 121 Å². The number of hydrogen-bond acceptors (Lipinski definition) is 2. The quantitative estimate of drug-likeness (QED) is 0.232. The molecular weight excluding hydrogens is 493 g/mol. The second-order valence-corrected chi connectivity index (χ2v) is 11.0. The Labute approximate surface area is 231 Å². The highest BCUT2D eigenvalue weighted by atomic mass is 19.1. The van der Waals surface area contributed by atoms with Gasteiger partial charge >= 0.3 is 0 Å². The fourth-order valence-corrected chi connectivity index (χ4v) is 6.56. The molecule has 2 aromatic heterocycles. The summed E-state index contributed by atoms with van der Waals surface area (Å²) in [7, 11) is 0. The summed E-state index contributed by atoms with van der Waals surface area (Å²) >= 11 is 0. The maximum atomic E-state index is 14.0. The van der Waals surface area contributed by atoms with Gasteiger partial charge in [-0.25, -0.2) is 9.37 Å². The van der Waals surface area contributed by atoms with Gasteiger partial charge < -0.3 is 4.57 Å². The SMILES string of the molecule is CC1(C)c2ccccc2-n2c3ccc(N(c4ccc(F)cc4)c4nccc5ccccc45)cc3c3cccc1c32. The average Bonchev–Trinajstić information content (AvgIpc) is 3.32. The van der Waals surface area contributed by atoms with E-state index in [4.69, 9.17) is 4.98 Å². The van der Waals surface area contributed by atoms with Crippen LogP contribution in [0.5, 0.6) is 0 Å². The Balaban J connectivity index is 1.44. The lowest BCUT2D eigenvalue weighted by Gasteiger charge is -2.34. The van der Waals surface area contributed by atoms with Gasteiger partial charge in [0.1, 0.15) is 11.6 Å². The smallest absolute Gasteiger partial charge is 0.145 e. The monoisotopic (exact) mass is 519 g/mol. The Morgan fingerprint density at radius 3 is 2.27 bits per heavy atom. The first-order valence-corrected chi connectivity index (χ1v) is 13.6. The summed E-state index contributed by atoms with van der Waals surface area (Å²) in [6.45, 7) is 4.63. The van der Waals surface area contributed by atoms with Crippen LogP contribution in [0.25, 0.3) is 38.3 Å². The van der Waals surface area contributed by atoms with Crippen molar-refractivity contribution in [2.24, 2.45) is 0 Å². The van der Waals surface area contributed by atoms with Gasteiger partial charge in [-0.3, -0.25) is 4.90 Å². The summed E-state index contributed by atoms with van der Waals surface area (Å²) in [6, 6.07) is 38.9. The molecule has 40 heavy (non-hydrogen) atoms. The van der Waals surface area contributed by atoms with E-state index in [0.717, 1.165) is 28.0 Å². The molecule has 1 aliphatic rings. The normalized spacial score (nSPS) is 13.6. The van der Waals surface area contributed by atoms with Crippen LogP contribution in [0.4, 0.5) is 21.6 Å². The number of hydrogen-bond donors (Lipinski definition) is 0. The molecule has 7 aromatic rings. The topological polar surface area (TPSA) is 21.1 Å². The number of nitrogens with zero attached hydrogens (tertiary/aromatic N) is 3. The van der Waals surface area contributed by atoms with Gasteiger partial charge in [-0.2, -0.15) is 0 Å². The Bertz CT molecular complexity index is 2100. The second-order valence-electron chi connectivity index (χ2n) is 11.0. The summed E-state index contributed by atoms with van der Waals surface area (Å²) in [6.07, 6.45) is 1.84. The van der Waals surface area contributed by atoms with Crippen LogP contribution in [0.1, 0.15) is 25.0 Å². The molecule has 0 unspecified atom stereocenters. The minimum absolute atomic E-state index is 0.115. The fourth-order valence-electron chi connectivity index (χ4n) is 6.56. The van der Waals surface area contributed by atoms with Crippen molar-refractivity contribution >= 4 is 49.8 Å². The maximum Gasteiger partial charge on any atom is 0.145 e. The first kappa shape index (κ1) is 23.0. The maximum absolute atomic E-state index is 14.0. The largest absolute Gasteiger partial charge is 0.309 e. The lowest BCUT2D eigenvalue weighted by atomic mass is 9.75. The van der Waals surface area contributed by atoms with Gasteiger partial charge in [0.05, 0.1) is 16.7 Å². The summed E-state index contributed by atoms with van der Waals surface area (Å²) < 4.78 is 16.4. The van der Waals surface area contributed by atoms with Gasteiger partial charge in [-0.1, -0.05) is 74.5 Å². The lowest BCUT2D eigenvalue weighted by Crippen LogP contribution is -2.26. The van der Waals surface area contributed by atoms with Crippen molar-refractivity contribution in [3.05, 3.63) is 138 Å². The third kappa shape index (κ3) is 3.13. The van der Waals surface area contributed by atoms with E-state index in [-0.39, 0.29) is 11.2 Å². The van der Waals surface area contributed by atoms with Gasteiger partial charge in [0.25, 0.3) is 0 Å². The Hall–Kier alpha value is -4.96. The molecule has 192 valence electrons. The molecule has 3 heterocycles. The van der Waals surface area contributed by atoms with E-state index in [1.54, 1.807) is 0 Å². The third-order valence-electron chi connectivity index (χ3n) is 8.47. The lowest BCUT2D eigenvalue weighted by molar-refractivity contribution is 0.628. The van der Waals surface area contributed by atoms with Crippen molar-refractivity contribution < 1.29 is 4.39 Å². The molecule has 0 atom stereocenters.